The molecule has 1 aliphatic heterocycles. The quantitative estimate of drug-likeness (QED) is 0.737. The van der Waals surface area contributed by atoms with E-state index in [4.69, 9.17) is 10.8 Å². The molecule has 1 aliphatic rings. The maximum Gasteiger partial charge on any atom is 0.248 e. The summed E-state index contributed by atoms with van der Waals surface area (Å²) in [4.78, 5) is 0.0142. The number of sulfonamides is 1. The molecule has 3 N–H and O–H groups in total. The fourth-order valence-corrected chi connectivity index (χ4v) is 3.89. The van der Waals surface area contributed by atoms with E-state index in [9.17, 15) is 8.42 Å². The highest BCUT2D eigenvalue weighted by Crippen LogP contribution is 2.27. The van der Waals surface area contributed by atoms with Crippen molar-refractivity contribution in [2.45, 2.75) is 23.8 Å². The van der Waals surface area contributed by atoms with Crippen molar-refractivity contribution in [3.63, 3.8) is 0 Å². The Morgan fingerprint density at radius 1 is 1.65 bits per heavy atom. The van der Waals surface area contributed by atoms with E-state index in [1.54, 1.807) is 7.05 Å². The third-order valence-electron chi connectivity index (χ3n) is 2.94. The summed E-state index contributed by atoms with van der Waals surface area (Å²) < 4.78 is 27.3. The van der Waals surface area contributed by atoms with Gasteiger partial charge in [-0.1, -0.05) is 0 Å². The summed E-state index contributed by atoms with van der Waals surface area (Å²) in [5, 5.41) is 13.0. The number of nitrogens with zero attached hydrogens (tertiary/aromatic N) is 3. The van der Waals surface area contributed by atoms with Crippen molar-refractivity contribution < 1.29 is 13.5 Å². The van der Waals surface area contributed by atoms with Gasteiger partial charge in [-0.05, 0) is 12.8 Å². The summed E-state index contributed by atoms with van der Waals surface area (Å²) in [6.45, 7) is 0.251. The molecule has 2 heterocycles. The van der Waals surface area contributed by atoms with Crippen LogP contribution >= 0.6 is 0 Å². The fraction of sp³-hybridized carbons (Fsp3) is 0.667. The van der Waals surface area contributed by atoms with Crippen LogP contribution in [0, 0.1) is 0 Å². The first kappa shape index (κ1) is 12.3. The molecule has 1 fully saturated rings. The smallest absolute Gasteiger partial charge is 0.248 e. The van der Waals surface area contributed by atoms with E-state index in [2.05, 4.69) is 5.10 Å². The Balaban J connectivity index is 2.39. The Hall–Kier alpha value is -1.12. The van der Waals surface area contributed by atoms with E-state index in [0.29, 0.717) is 13.0 Å². The first-order valence-corrected chi connectivity index (χ1v) is 6.82. The molecule has 0 amide bonds. The Labute approximate surface area is 99.9 Å². The molecule has 1 atom stereocenters. The number of aliphatic hydroxyl groups excluding tert-OH is 1. The van der Waals surface area contributed by atoms with Crippen molar-refractivity contribution in [3.05, 3.63) is 6.20 Å². The molecular formula is C9H16N4O3S. The van der Waals surface area contributed by atoms with Gasteiger partial charge >= 0.3 is 0 Å². The Kier molecular flexibility index (Phi) is 3.11. The van der Waals surface area contributed by atoms with Crippen LogP contribution in [0.5, 0.6) is 0 Å². The summed E-state index contributed by atoms with van der Waals surface area (Å²) in [6, 6.07) is -0.348. The van der Waals surface area contributed by atoms with Gasteiger partial charge in [0.2, 0.25) is 10.0 Å². The Morgan fingerprint density at radius 2 is 2.35 bits per heavy atom. The molecule has 1 aromatic rings. The number of rotatable bonds is 3. The number of aromatic nitrogens is 2. The van der Waals surface area contributed by atoms with Crippen LogP contribution in [0.25, 0.3) is 0 Å². The zero-order valence-electron chi connectivity index (χ0n) is 9.57. The van der Waals surface area contributed by atoms with Crippen LogP contribution in [0.3, 0.4) is 0 Å². The zero-order valence-corrected chi connectivity index (χ0v) is 10.4. The SMILES string of the molecule is Cn1cc(S(=O)(=O)N2CCC[C@H]2CO)c(N)n1. The lowest BCUT2D eigenvalue weighted by Gasteiger charge is -2.21. The minimum absolute atomic E-state index is 0.00362. The van der Waals surface area contributed by atoms with Crippen molar-refractivity contribution in [3.8, 4) is 0 Å². The average Bonchev–Trinajstić information content (AvgIpc) is 2.84. The minimum Gasteiger partial charge on any atom is -0.395 e. The maximum absolute atomic E-state index is 12.3. The molecular weight excluding hydrogens is 244 g/mol. The number of nitrogens with two attached hydrogens (primary N) is 1. The van der Waals surface area contributed by atoms with Gasteiger partial charge < -0.3 is 10.8 Å². The van der Waals surface area contributed by atoms with Crippen LogP contribution in [0.2, 0.25) is 0 Å². The normalized spacial score (nSPS) is 22.1. The molecule has 0 aromatic carbocycles. The van der Waals surface area contributed by atoms with Gasteiger partial charge in [0.15, 0.2) is 5.82 Å². The number of anilines is 1. The van der Waals surface area contributed by atoms with Crippen LogP contribution in [-0.2, 0) is 17.1 Å². The third-order valence-corrected chi connectivity index (χ3v) is 4.91. The molecule has 0 bridgehead atoms. The molecule has 8 heteroatoms. The lowest BCUT2D eigenvalue weighted by Crippen LogP contribution is -2.37. The molecule has 17 heavy (non-hydrogen) atoms. The molecule has 0 spiro atoms. The summed E-state index contributed by atoms with van der Waals surface area (Å²) in [5.74, 6) is -0.00362. The van der Waals surface area contributed by atoms with E-state index >= 15 is 0 Å². The van der Waals surface area contributed by atoms with E-state index in [-0.39, 0.29) is 23.4 Å². The van der Waals surface area contributed by atoms with Gasteiger partial charge in [0, 0.05) is 25.8 Å². The molecule has 0 saturated carbocycles. The summed E-state index contributed by atoms with van der Waals surface area (Å²) in [5.41, 5.74) is 5.58. The zero-order chi connectivity index (χ0) is 12.6. The van der Waals surface area contributed by atoms with Gasteiger partial charge in [0.1, 0.15) is 4.90 Å². The molecule has 0 unspecified atom stereocenters. The summed E-state index contributed by atoms with van der Waals surface area (Å²) in [6.07, 6.45) is 2.82. The van der Waals surface area contributed by atoms with Crippen molar-refractivity contribution in [1.82, 2.24) is 14.1 Å². The van der Waals surface area contributed by atoms with Crippen LogP contribution in [0.15, 0.2) is 11.1 Å². The largest absolute Gasteiger partial charge is 0.395 e. The van der Waals surface area contributed by atoms with Crippen molar-refractivity contribution in [2.24, 2.45) is 7.05 Å². The number of hydrogen-bond donors (Lipinski definition) is 2. The van der Waals surface area contributed by atoms with Crippen molar-refractivity contribution in [2.75, 3.05) is 18.9 Å². The highest BCUT2D eigenvalue weighted by atomic mass is 32.2. The van der Waals surface area contributed by atoms with Crippen molar-refractivity contribution in [1.29, 1.82) is 0 Å². The molecule has 1 aromatic heterocycles. The van der Waals surface area contributed by atoms with Gasteiger partial charge in [0.05, 0.1) is 6.61 Å². The second-order valence-electron chi connectivity index (χ2n) is 4.15. The maximum atomic E-state index is 12.3. The van der Waals surface area contributed by atoms with E-state index < -0.39 is 10.0 Å². The lowest BCUT2D eigenvalue weighted by atomic mass is 10.2. The van der Waals surface area contributed by atoms with Gasteiger partial charge in [-0.3, -0.25) is 4.68 Å². The van der Waals surface area contributed by atoms with Crippen LogP contribution in [0.4, 0.5) is 5.82 Å². The number of nitrogen functional groups attached to an aromatic ring is 1. The second-order valence-corrected chi connectivity index (χ2v) is 6.01. The van der Waals surface area contributed by atoms with Crippen LogP contribution in [-0.4, -0.2) is 46.8 Å². The van der Waals surface area contributed by atoms with E-state index in [1.165, 1.54) is 15.2 Å². The van der Waals surface area contributed by atoms with Crippen LogP contribution < -0.4 is 5.73 Å². The van der Waals surface area contributed by atoms with Gasteiger partial charge in [-0.2, -0.15) is 9.40 Å². The predicted octanol–water partition coefficient (Wildman–Crippen LogP) is -0.852. The molecule has 2 rings (SSSR count). The van der Waals surface area contributed by atoms with Crippen molar-refractivity contribution >= 4 is 15.8 Å². The minimum atomic E-state index is -3.64. The van der Waals surface area contributed by atoms with Gasteiger partial charge in [-0.15, -0.1) is 0 Å². The Morgan fingerprint density at radius 3 is 2.88 bits per heavy atom. The first-order chi connectivity index (χ1) is 7.96. The summed E-state index contributed by atoms with van der Waals surface area (Å²) >= 11 is 0. The highest BCUT2D eigenvalue weighted by molar-refractivity contribution is 7.89. The Bertz CT molecular complexity index is 510. The molecule has 7 nitrogen and oxygen atoms in total. The van der Waals surface area contributed by atoms with Gasteiger partial charge in [-0.25, -0.2) is 8.42 Å². The predicted molar refractivity (Wildman–Crippen MR) is 61.6 cm³/mol. The van der Waals surface area contributed by atoms with E-state index in [1.807, 2.05) is 0 Å². The molecule has 1 saturated heterocycles. The fourth-order valence-electron chi connectivity index (χ4n) is 2.12. The molecule has 96 valence electrons. The highest BCUT2D eigenvalue weighted by Gasteiger charge is 2.36. The average molecular weight is 260 g/mol. The number of hydrogen-bond acceptors (Lipinski definition) is 5. The molecule has 0 radical (unpaired) electrons. The number of aliphatic hydroxyl groups is 1. The van der Waals surface area contributed by atoms with Gasteiger partial charge in [0.25, 0.3) is 0 Å². The third kappa shape index (κ3) is 2.03. The topological polar surface area (TPSA) is 101 Å². The first-order valence-electron chi connectivity index (χ1n) is 5.38. The monoisotopic (exact) mass is 260 g/mol. The second kappa shape index (κ2) is 4.28. The van der Waals surface area contributed by atoms with E-state index in [0.717, 1.165) is 6.42 Å². The lowest BCUT2D eigenvalue weighted by molar-refractivity contribution is 0.213. The standard InChI is InChI=1S/C9H16N4O3S/c1-12-5-8(9(10)11-12)17(15,16)13-4-2-3-7(13)6-14/h5,7,14H,2-4,6H2,1H3,(H2,10,11)/t7-/m0/s1. The summed E-state index contributed by atoms with van der Waals surface area (Å²) in [7, 11) is -2.03. The number of aryl methyl sites for hydroxylation is 1. The molecule has 0 aliphatic carbocycles. The van der Waals surface area contributed by atoms with Crippen LogP contribution in [0.1, 0.15) is 12.8 Å².